The third kappa shape index (κ3) is 63.9. The number of nitrogens with one attached hydrogen (secondary N) is 1. The second-order valence-corrected chi connectivity index (χ2v) is 19.9. The van der Waals surface area contributed by atoms with Gasteiger partial charge in [0.2, 0.25) is 5.91 Å². The van der Waals surface area contributed by atoms with Crippen molar-refractivity contribution in [3.05, 3.63) is 24.3 Å². The van der Waals surface area contributed by atoms with Gasteiger partial charge in [-0.2, -0.15) is 8.42 Å². The Balaban J connectivity index is -0.00000109. The molecule has 0 aliphatic carbocycles. The van der Waals surface area contributed by atoms with E-state index in [1.807, 2.05) is 12.2 Å². The number of amides is 1. The summed E-state index contributed by atoms with van der Waals surface area (Å²) in [7, 11) is -8.05. The predicted octanol–water partition coefficient (Wildman–Crippen LogP) is 12.1. The molecule has 0 radical (unpaired) electrons. The Labute approximate surface area is 406 Å². The Kier molecular flexibility index (Phi) is 53.6. The van der Waals surface area contributed by atoms with Crippen LogP contribution in [0.2, 0.25) is 0 Å². The van der Waals surface area contributed by atoms with E-state index >= 15 is 0 Å². The van der Waals surface area contributed by atoms with E-state index in [0.29, 0.717) is 25.8 Å². The number of aliphatic imine (C=N–C) groups is 1. The molecule has 2 N–H and O–H groups in total. The third-order valence-corrected chi connectivity index (χ3v) is 12.3. The zero-order valence-electron chi connectivity index (χ0n) is 39.4. The first-order valence-electron chi connectivity index (χ1n) is 24.6. The van der Waals surface area contributed by atoms with Crippen molar-refractivity contribution >= 4 is 69.8 Å². The van der Waals surface area contributed by atoms with Gasteiger partial charge in [0.1, 0.15) is 0 Å². The molecule has 0 aliphatic rings. The van der Waals surface area contributed by atoms with Gasteiger partial charge in [-0.3, -0.25) is 9.35 Å². The van der Waals surface area contributed by atoms with E-state index in [-0.39, 0.29) is 74.0 Å². The Morgan fingerprint density at radius 3 is 1.21 bits per heavy atom. The monoisotopic (exact) mass is 929 g/mol. The minimum atomic E-state index is -4.15. The van der Waals surface area contributed by atoms with Crippen molar-refractivity contribution in [1.29, 1.82) is 0 Å². The SMILES string of the molecule is CCCCCCCCCCCCCCCCC/C=C/C(=O)NCCCCS(=O)(=O)O.CCCCCCCCCCCCCCCCC/C=C/C([O-])=NCCCCS(=O)(=O)[O-].[Ca+2]. The van der Waals surface area contributed by atoms with Gasteiger partial charge in [-0.05, 0) is 63.3 Å². The maximum Gasteiger partial charge on any atom is 2.00 e. The Morgan fingerprint density at radius 2 is 0.852 bits per heavy atom. The fourth-order valence-electron chi connectivity index (χ4n) is 6.95. The summed E-state index contributed by atoms with van der Waals surface area (Å²) in [5.41, 5.74) is 0. The smallest absolute Gasteiger partial charge is 0.859 e. The molecule has 0 saturated carbocycles. The number of hydrogen-bond donors (Lipinski definition) is 2. The molecule has 0 fully saturated rings. The number of carbonyl (C=O) groups excluding carboxylic acids is 1. The van der Waals surface area contributed by atoms with E-state index in [0.717, 1.165) is 25.7 Å². The van der Waals surface area contributed by atoms with Gasteiger partial charge in [-0.1, -0.05) is 212 Å². The van der Waals surface area contributed by atoms with Gasteiger partial charge >= 0.3 is 37.7 Å². The van der Waals surface area contributed by atoms with Gasteiger partial charge < -0.3 is 20.0 Å². The quantitative estimate of drug-likeness (QED) is 0.0151. The Hall–Kier alpha value is -0.500. The molecule has 356 valence electrons. The Morgan fingerprint density at radius 1 is 0.508 bits per heavy atom. The molecule has 61 heavy (non-hydrogen) atoms. The standard InChI is InChI=1S/2C24H47NO4S.Ca/c2*1-2-3-4-5-6-7-8-9-10-11-12-13-14-15-16-17-18-21-24(26)25-22-19-20-23-30(27,28)29;/h2*18,21H,2-17,19-20,22-23H2,1H3,(H,25,26)(H,27,28,29);/q;;+2/p-2/b2*21-18+;. The average Bonchev–Trinajstić information content (AvgIpc) is 3.19. The molecular formula is C48H92CaN2O8S2. The van der Waals surface area contributed by atoms with E-state index in [4.69, 9.17) is 4.55 Å². The first-order valence-corrected chi connectivity index (χ1v) is 27.8. The van der Waals surface area contributed by atoms with Crippen molar-refractivity contribution in [3.63, 3.8) is 0 Å². The number of nitrogens with zero attached hydrogens (tertiary/aromatic N) is 1. The predicted molar refractivity (Wildman–Crippen MR) is 258 cm³/mol. The van der Waals surface area contributed by atoms with Crippen LogP contribution in [0.4, 0.5) is 0 Å². The van der Waals surface area contributed by atoms with Crippen LogP contribution < -0.4 is 10.4 Å². The van der Waals surface area contributed by atoms with Crippen molar-refractivity contribution < 1.29 is 35.8 Å². The molecule has 1 amide bonds. The van der Waals surface area contributed by atoms with Crippen molar-refractivity contribution in [2.24, 2.45) is 4.99 Å². The summed E-state index contributed by atoms with van der Waals surface area (Å²) in [5, 5.41) is 14.3. The molecule has 13 heteroatoms. The van der Waals surface area contributed by atoms with Crippen LogP contribution in [0.3, 0.4) is 0 Å². The van der Waals surface area contributed by atoms with Gasteiger partial charge in [-0.25, -0.2) is 8.42 Å². The van der Waals surface area contributed by atoms with Crippen LogP contribution in [0.1, 0.15) is 245 Å². The first-order chi connectivity index (χ1) is 28.9. The second-order valence-electron chi connectivity index (χ2n) is 16.8. The summed E-state index contributed by atoms with van der Waals surface area (Å²) in [6.07, 6.45) is 50.7. The van der Waals surface area contributed by atoms with Crippen molar-refractivity contribution in [2.45, 2.75) is 245 Å². The maximum absolute atomic E-state index is 11.6. The van der Waals surface area contributed by atoms with Gasteiger partial charge in [0.15, 0.2) is 0 Å². The molecular weight excluding hydrogens is 837 g/mol. The zero-order valence-corrected chi connectivity index (χ0v) is 43.2. The van der Waals surface area contributed by atoms with E-state index in [9.17, 15) is 31.3 Å². The normalized spacial score (nSPS) is 12.2. The summed E-state index contributed by atoms with van der Waals surface area (Å²) in [6, 6.07) is 0. The molecule has 0 heterocycles. The molecule has 10 nitrogen and oxygen atoms in total. The summed E-state index contributed by atoms with van der Waals surface area (Å²) in [6.45, 7) is 5.24. The van der Waals surface area contributed by atoms with E-state index < -0.39 is 20.2 Å². The zero-order chi connectivity index (χ0) is 44.7. The van der Waals surface area contributed by atoms with Crippen LogP contribution >= 0.6 is 0 Å². The number of carbonyl (C=O) groups is 1. The van der Waals surface area contributed by atoms with Crippen LogP contribution in [-0.4, -0.2) is 100 Å². The van der Waals surface area contributed by atoms with E-state index in [1.54, 1.807) is 6.08 Å². The van der Waals surface area contributed by atoms with Crippen molar-refractivity contribution in [1.82, 2.24) is 5.32 Å². The third-order valence-electron chi connectivity index (χ3n) is 10.7. The topological polar surface area (TPSA) is 176 Å². The van der Waals surface area contributed by atoms with Crippen molar-refractivity contribution in [2.75, 3.05) is 24.6 Å². The molecule has 0 aromatic heterocycles. The second kappa shape index (κ2) is 50.5. The summed E-state index contributed by atoms with van der Waals surface area (Å²) < 4.78 is 61.1. The van der Waals surface area contributed by atoms with Gasteiger partial charge in [0.25, 0.3) is 10.1 Å². The van der Waals surface area contributed by atoms with E-state index in [1.165, 1.54) is 186 Å². The summed E-state index contributed by atoms with van der Waals surface area (Å²) in [5.74, 6) is -1.05. The van der Waals surface area contributed by atoms with Crippen molar-refractivity contribution in [3.8, 4) is 0 Å². The minimum Gasteiger partial charge on any atom is -0.859 e. The number of allylic oxidation sites excluding steroid dienone is 2. The summed E-state index contributed by atoms with van der Waals surface area (Å²) in [4.78, 5) is 15.4. The molecule has 0 aromatic carbocycles. The molecule has 0 bridgehead atoms. The number of unbranched alkanes of at least 4 members (excludes halogenated alkanes) is 32. The molecule has 0 rings (SSSR count). The Bertz CT molecular complexity index is 1240. The fourth-order valence-corrected chi connectivity index (χ4v) is 8.08. The van der Waals surface area contributed by atoms with Gasteiger partial charge in [0, 0.05) is 18.8 Å². The molecule has 0 aromatic rings. The maximum atomic E-state index is 11.6. The average molecular weight is 929 g/mol. The summed E-state index contributed by atoms with van der Waals surface area (Å²) >= 11 is 0. The van der Waals surface area contributed by atoms with Crippen LogP contribution in [0.5, 0.6) is 0 Å². The number of rotatable bonds is 44. The first kappa shape index (κ1) is 64.8. The van der Waals surface area contributed by atoms with Gasteiger partial charge in [-0.15, -0.1) is 0 Å². The minimum absolute atomic E-state index is 0. The molecule has 0 unspecified atom stereocenters. The van der Waals surface area contributed by atoms with E-state index in [2.05, 4.69) is 24.2 Å². The fraction of sp³-hybridized carbons (Fsp3) is 0.875. The number of hydrogen-bond acceptors (Lipinski definition) is 8. The van der Waals surface area contributed by atoms with Crippen LogP contribution in [0.15, 0.2) is 29.3 Å². The van der Waals surface area contributed by atoms with Crippen LogP contribution in [0, 0.1) is 0 Å². The largest absolute Gasteiger partial charge is 2.00 e. The molecule has 0 aliphatic heterocycles. The van der Waals surface area contributed by atoms with Gasteiger partial charge in [0.05, 0.1) is 15.9 Å². The molecule has 0 saturated heterocycles. The molecule has 0 spiro atoms. The van der Waals surface area contributed by atoms with Crippen LogP contribution in [-0.2, 0) is 25.0 Å². The van der Waals surface area contributed by atoms with Crippen LogP contribution in [0.25, 0.3) is 0 Å². The molecule has 0 atom stereocenters.